The molecule has 0 aliphatic rings. The van der Waals surface area contributed by atoms with Crippen LogP contribution in [0.3, 0.4) is 0 Å². The monoisotopic (exact) mass is 807 g/mol. The zero-order valence-corrected chi connectivity index (χ0v) is 35.2. The predicted molar refractivity (Wildman–Crippen MR) is 202 cm³/mol. The second-order valence-electron chi connectivity index (χ2n) is 13.8. The third-order valence-corrected chi connectivity index (χ3v) is 11.5. The number of nitrogens with zero attached hydrogens (tertiary/aromatic N) is 9. The summed E-state index contributed by atoms with van der Waals surface area (Å²) in [5.41, 5.74) is 1.31. The fraction of sp³-hybridized carbons (Fsp3) is 0.538. The largest absolute Gasteiger partial charge is 1.00 e. The quantitative estimate of drug-likeness (QED) is 0.0780. The lowest BCUT2D eigenvalue weighted by Gasteiger charge is -2.37. The Balaban J connectivity index is 0.00000486. The molecule has 0 radical (unpaired) electrons. The number of quaternary nitrogens is 3. The fourth-order valence-corrected chi connectivity index (χ4v) is 7.23. The van der Waals surface area contributed by atoms with Crippen LogP contribution >= 0.6 is 0 Å². The lowest BCUT2D eigenvalue weighted by Crippen LogP contribution is -3.00. The van der Waals surface area contributed by atoms with E-state index in [0.717, 1.165) is 56.4 Å². The lowest BCUT2D eigenvalue weighted by atomic mass is 10.2. The van der Waals surface area contributed by atoms with E-state index in [1.807, 2.05) is 54.6 Å². The zero-order chi connectivity index (χ0) is 36.9. The van der Waals surface area contributed by atoms with Gasteiger partial charge in [0.2, 0.25) is 0 Å². The lowest BCUT2D eigenvalue weighted by molar-refractivity contribution is -0.938. The normalized spacial score (nSPS) is 11.7. The molecule has 0 N–H and O–H groups in total. The molecule has 54 heavy (non-hydrogen) atoms. The molecule has 0 bridgehead atoms. The molecule has 300 valence electrons. The first kappa shape index (κ1) is 48.6. The average molecular weight is 809 g/mol. The molecule has 0 aromatic carbocycles. The number of pyridine rings is 3. The first-order chi connectivity index (χ1) is 24.6. The molecule has 0 saturated carbocycles. The Bertz CT molecular complexity index is 1580. The summed E-state index contributed by atoms with van der Waals surface area (Å²) < 4.78 is 5.92. The third-order valence-electron chi connectivity index (χ3n) is 11.5. The topological polar surface area (TPSA) is 105 Å². The van der Waals surface area contributed by atoms with Crippen molar-refractivity contribution in [2.75, 3.05) is 58.9 Å². The zero-order valence-electron chi connectivity index (χ0n) is 32.9. The second kappa shape index (κ2) is 22.9. The first-order valence-electron chi connectivity index (χ1n) is 18.8. The van der Waals surface area contributed by atoms with Crippen LogP contribution in [0.2, 0.25) is 0 Å². The number of rotatable bonds is 21. The number of aromatic nitrogens is 6. The van der Waals surface area contributed by atoms with Crippen LogP contribution in [-0.4, -0.2) is 101 Å². The summed E-state index contributed by atoms with van der Waals surface area (Å²) in [6, 6.07) is 17.7. The van der Waals surface area contributed by atoms with Crippen LogP contribution in [0, 0.1) is 0 Å². The van der Waals surface area contributed by atoms with Crippen molar-refractivity contribution in [1.29, 1.82) is 0 Å². The molecule has 0 unspecified atom stereocenters. The molecule has 0 aliphatic heterocycles. The molecule has 0 saturated heterocycles. The molecular formula is C39H60Cl3N9O3. The molecule has 4 rings (SSSR count). The maximum Gasteiger partial charge on any atom is 0.336 e. The smallest absolute Gasteiger partial charge is 0.336 e. The minimum Gasteiger partial charge on any atom is -1.00 e. The second-order valence-corrected chi connectivity index (χ2v) is 13.8. The van der Waals surface area contributed by atoms with E-state index in [9.17, 15) is 14.4 Å². The molecule has 4 heterocycles. The first-order valence-corrected chi connectivity index (χ1v) is 18.8. The highest BCUT2D eigenvalue weighted by atomic mass is 35.5. The van der Waals surface area contributed by atoms with E-state index in [1.54, 1.807) is 18.6 Å². The molecular weight excluding hydrogens is 749 g/mol. The van der Waals surface area contributed by atoms with Crippen LogP contribution in [0.25, 0.3) is 0 Å². The van der Waals surface area contributed by atoms with Gasteiger partial charge < -0.3 is 50.7 Å². The van der Waals surface area contributed by atoms with Crippen molar-refractivity contribution >= 4 is 0 Å². The van der Waals surface area contributed by atoms with Crippen molar-refractivity contribution in [1.82, 2.24) is 28.7 Å². The van der Waals surface area contributed by atoms with Crippen molar-refractivity contribution in [2.24, 2.45) is 0 Å². The van der Waals surface area contributed by atoms with Gasteiger partial charge in [-0.15, -0.1) is 0 Å². The van der Waals surface area contributed by atoms with E-state index in [0.29, 0.717) is 52.7 Å². The van der Waals surface area contributed by atoms with Gasteiger partial charge in [0.1, 0.15) is 19.6 Å². The van der Waals surface area contributed by atoms with Crippen LogP contribution < -0.4 is 54.3 Å². The molecule has 4 aromatic heterocycles. The van der Waals surface area contributed by atoms with E-state index in [4.69, 9.17) is 0 Å². The van der Waals surface area contributed by atoms with Crippen LogP contribution in [0.15, 0.2) is 87.6 Å². The van der Waals surface area contributed by atoms with Crippen LogP contribution in [0.1, 0.15) is 58.6 Å². The predicted octanol–water partition coefficient (Wildman–Crippen LogP) is -5.46. The van der Waals surface area contributed by atoms with Gasteiger partial charge >= 0.3 is 17.1 Å². The summed E-state index contributed by atoms with van der Waals surface area (Å²) in [7, 11) is 0. The standard InChI is InChI=1S/C39H60N9O3.3ClH/c1-7-46(8-2,31-34-19-13-16-22-40-34)28-25-43-37(49)44(26-29-47(9-3,10-4)32-35-20-14-17-23-41-35)39(51)45(38(43)50)27-30-48(11-5,12-6)33-36-21-15-18-24-42-36;;;/h13-24H,7-12,25-33H2,1-6H3;3*1H/q+3;;;/p-3. The SMILES string of the molecule is CC[N+](CC)(CCn1c(=O)n(CC[N+](CC)(CC)Cc2ccccn2)c(=O)n(CC[N+](CC)(CC)Cc2ccccn2)c1=O)Cc1ccccn1.[Cl-].[Cl-].[Cl-]. The third kappa shape index (κ3) is 12.1. The highest BCUT2D eigenvalue weighted by molar-refractivity contribution is 5.03. The van der Waals surface area contributed by atoms with E-state index in [-0.39, 0.29) is 56.9 Å². The Morgan fingerprint density at radius 3 is 0.852 bits per heavy atom. The number of hydrogen-bond acceptors (Lipinski definition) is 6. The number of hydrogen-bond donors (Lipinski definition) is 0. The van der Waals surface area contributed by atoms with Crippen LogP contribution in [0.5, 0.6) is 0 Å². The van der Waals surface area contributed by atoms with Crippen molar-refractivity contribution in [3.8, 4) is 0 Å². The molecule has 0 spiro atoms. The highest BCUT2D eigenvalue weighted by Gasteiger charge is 2.30. The highest BCUT2D eigenvalue weighted by Crippen LogP contribution is 2.16. The summed E-state index contributed by atoms with van der Waals surface area (Å²) >= 11 is 0. The Hall–Kier alpha value is -3.39. The van der Waals surface area contributed by atoms with Crippen molar-refractivity contribution in [3.63, 3.8) is 0 Å². The number of halogens is 3. The summed E-state index contributed by atoms with van der Waals surface area (Å²) in [4.78, 5) is 56.6. The minimum absolute atomic E-state index is 0. The van der Waals surface area contributed by atoms with Gasteiger partial charge in [-0.2, -0.15) is 0 Å². The summed E-state index contributed by atoms with van der Waals surface area (Å²) in [6.07, 6.45) is 5.39. The molecule has 4 aromatic rings. The molecule has 0 atom stereocenters. The van der Waals surface area contributed by atoms with Gasteiger partial charge in [0, 0.05) is 18.6 Å². The Labute approximate surface area is 339 Å². The number of likely N-dealkylation sites (N-methyl/N-ethyl adjacent to an activating group) is 3. The maximum atomic E-state index is 14.3. The van der Waals surface area contributed by atoms with Gasteiger partial charge in [0.25, 0.3) is 0 Å². The van der Waals surface area contributed by atoms with Gasteiger partial charge in [0.15, 0.2) is 0 Å². The van der Waals surface area contributed by atoms with Crippen molar-refractivity contribution < 1.29 is 50.7 Å². The summed E-state index contributed by atoms with van der Waals surface area (Å²) in [6.45, 7) is 22.1. The van der Waals surface area contributed by atoms with Gasteiger partial charge in [-0.05, 0) is 77.9 Å². The van der Waals surface area contributed by atoms with Gasteiger partial charge in [0.05, 0.1) is 95.6 Å². The van der Waals surface area contributed by atoms with Gasteiger partial charge in [-0.1, -0.05) is 18.2 Å². The molecule has 0 fully saturated rings. The molecule has 0 amide bonds. The van der Waals surface area contributed by atoms with Crippen molar-refractivity contribution in [3.05, 3.63) is 122 Å². The van der Waals surface area contributed by atoms with Crippen LogP contribution in [0.4, 0.5) is 0 Å². The summed E-state index contributed by atoms with van der Waals surface area (Å²) in [5.74, 6) is 0. The molecule has 15 heteroatoms. The van der Waals surface area contributed by atoms with Gasteiger partial charge in [-0.3, -0.25) is 15.0 Å². The Morgan fingerprint density at radius 2 is 0.667 bits per heavy atom. The Morgan fingerprint density at radius 1 is 0.426 bits per heavy atom. The fourth-order valence-electron chi connectivity index (χ4n) is 7.23. The van der Waals surface area contributed by atoms with E-state index >= 15 is 0 Å². The molecule has 12 nitrogen and oxygen atoms in total. The van der Waals surface area contributed by atoms with Crippen molar-refractivity contribution in [2.45, 2.75) is 80.8 Å². The minimum atomic E-state index is -0.534. The summed E-state index contributed by atoms with van der Waals surface area (Å²) in [5, 5.41) is 0. The Kier molecular flexibility index (Phi) is 20.6. The van der Waals surface area contributed by atoms with Gasteiger partial charge in [-0.25, -0.2) is 28.1 Å². The maximum absolute atomic E-state index is 14.3. The average Bonchev–Trinajstić information content (AvgIpc) is 3.17. The van der Waals surface area contributed by atoms with E-state index < -0.39 is 17.1 Å². The van der Waals surface area contributed by atoms with Crippen LogP contribution in [-0.2, 0) is 39.3 Å². The van der Waals surface area contributed by atoms with E-state index in [2.05, 4.69) is 56.5 Å². The van der Waals surface area contributed by atoms with E-state index in [1.165, 1.54) is 13.7 Å². The molecule has 0 aliphatic carbocycles.